The number of rotatable bonds is 3. The molecule has 25 heavy (non-hydrogen) atoms. The molecular formula is C19H19NO3S2. The van der Waals surface area contributed by atoms with Gasteiger partial charge in [-0.2, -0.15) is 0 Å². The molecule has 130 valence electrons. The number of piperidine rings is 1. The SMILES string of the molecule is CCOC(=O)[C@@H]1CCCN(C(=O)c2cc3sc4ccccc4c3s2)C1. The minimum absolute atomic E-state index is 0.0338. The molecular weight excluding hydrogens is 354 g/mol. The van der Waals surface area contributed by atoms with Crippen LogP contribution in [0.25, 0.3) is 19.5 Å². The zero-order valence-electron chi connectivity index (χ0n) is 14.0. The average Bonchev–Trinajstić information content (AvgIpc) is 3.19. The van der Waals surface area contributed by atoms with Crippen molar-refractivity contribution < 1.29 is 14.3 Å². The molecule has 1 aliphatic rings. The normalized spacial score (nSPS) is 18.0. The predicted molar refractivity (Wildman–Crippen MR) is 102 cm³/mol. The number of ether oxygens (including phenoxy) is 1. The van der Waals surface area contributed by atoms with E-state index in [9.17, 15) is 9.59 Å². The lowest BCUT2D eigenvalue weighted by molar-refractivity contribution is -0.149. The summed E-state index contributed by atoms with van der Waals surface area (Å²) in [6, 6.07) is 10.3. The molecule has 0 saturated carbocycles. The van der Waals surface area contributed by atoms with Crippen molar-refractivity contribution in [2.24, 2.45) is 5.92 Å². The van der Waals surface area contributed by atoms with Gasteiger partial charge in [-0.05, 0) is 31.9 Å². The minimum atomic E-state index is -0.195. The van der Waals surface area contributed by atoms with Gasteiger partial charge in [0, 0.05) is 27.9 Å². The van der Waals surface area contributed by atoms with Gasteiger partial charge in [0.25, 0.3) is 5.91 Å². The Morgan fingerprint density at radius 1 is 1.24 bits per heavy atom. The first-order chi connectivity index (χ1) is 12.2. The Balaban J connectivity index is 1.57. The van der Waals surface area contributed by atoms with E-state index in [1.807, 2.05) is 30.0 Å². The fraction of sp³-hybridized carbons (Fsp3) is 0.368. The van der Waals surface area contributed by atoms with Crippen LogP contribution < -0.4 is 0 Å². The Morgan fingerprint density at radius 3 is 2.92 bits per heavy atom. The number of fused-ring (bicyclic) bond motifs is 3. The average molecular weight is 373 g/mol. The van der Waals surface area contributed by atoms with Crippen LogP contribution in [-0.2, 0) is 9.53 Å². The molecule has 1 saturated heterocycles. The van der Waals surface area contributed by atoms with E-state index in [-0.39, 0.29) is 17.8 Å². The monoisotopic (exact) mass is 373 g/mol. The molecule has 0 spiro atoms. The molecule has 1 fully saturated rings. The first kappa shape index (κ1) is 16.5. The minimum Gasteiger partial charge on any atom is -0.466 e. The number of amides is 1. The maximum Gasteiger partial charge on any atom is 0.310 e. The smallest absolute Gasteiger partial charge is 0.310 e. The van der Waals surface area contributed by atoms with E-state index < -0.39 is 0 Å². The maximum atomic E-state index is 12.9. The van der Waals surface area contributed by atoms with Gasteiger partial charge < -0.3 is 9.64 Å². The molecule has 0 aliphatic carbocycles. The molecule has 1 aromatic carbocycles. The van der Waals surface area contributed by atoms with Crippen molar-refractivity contribution in [3.63, 3.8) is 0 Å². The Hall–Kier alpha value is -1.92. The van der Waals surface area contributed by atoms with E-state index in [4.69, 9.17) is 4.74 Å². The van der Waals surface area contributed by atoms with Gasteiger partial charge in [0.05, 0.1) is 22.1 Å². The lowest BCUT2D eigenvalue weighted by Gasteiger charge is -2.31. The lowest BCUT2D eigenvalue weighted by atomic mass is 9.98. The number of hydrogen-bond acceptors (Lipinski definition) is 5. The van der Waals surface area contributed by atoms with E-state index in [0.717, 1.165) is 22.4 Å². The molecule has 4 nitrogen and oxygen atoms in total. The molecule has 3 aromatic rings. The highest BCUT2D eigenvalue weighted by Crippen LogP contribution is 2.39. The molecule has 1 amide bonds. The summed E-state index contributed by atoms with van der Waals surface area (Å²) in [5, 5.41) is 1.22. The third-order valence-corrected chi connectivity index (χ3v) is 6.99. The molecule has 3 heterocycles. The molecule has 1 aliphatic heterocycles. The summed E-state index contributed by atoms with van der Waals surface area (Å²) in [7, 11) is 0. The largest absolute Gasteiger partial charge is 0.466 e. The summed E-state index contributed by atoms with van der Waals surface area (Å²) in [6.07, 6.45) is 1.64. The van der Waals surface area contributed by atoms with Crippen molar-refractivity contribution in [3.8, 4) is 0 Å². The van der Waals surface area contributed by atoms with Crippen LogP contribution in [0.3, 0.4) is 0 Å². The molecule has 6 heteroatoms. The van der Waals surface area contributed by atoms with Crippen molar-refractivity contribution in [2.45, 2.75) is 19.8 Å². The molecule has 0 N–H and O–H groups in total. The molecule has 4 rings (SSSR count). The standard InChI is InChI=1S/C19H19NO3S2/c1-2-23-19(22)12-6-5-9-20(11-12)18(21)16-10-15-17(25-16)13-7-3-4-8-14(13)24-15/h3-4,7-8,10,12H,2,5-6,9,11H2,1H3/t12-/m1/s1. The van der Waals surface area contributed by atoms with Crippen molar-refractivity contribution in [2.75, 3.05) is 19.7 Å². The lowest BCUT2D eigenvalue weighted by Crippen LogP contribution is -2.42. The third kappa shape index (κ3) is 3.04. The number of esters is 1. The van der Waals surface area contributed by atoms with Crippen molar-refractivity contribution >= 4 is 54.0 Å². The zero-order valence-corrected chi connectivity index (χ0v) is 15.6. The van der Waals surface area contributed by atoms with Crippen LogP contribution in [0, 0.1) is 5.92 Å². The van der Waals surface area contributed by atoms with Crippen molar-refractivity contribution in [1.82, 2.24) is 4.90 Å². The number of thiophene rings is 2. The van der Waals surface area contributed by atoms with Gasteiger partial charge in [-0.15, -0.1) is 22.7 Å². The zero-order chi connectivity index (χ0) is 17.4. The second-order valence-corrected chi connectivity index (χ2v) is 8.38. The van der Waals surface area contributed by atoms with Gasteiger partial charge in [-0.3, -0.25) is 9.59 Å². The Kier molecular flexibility index (Phi) is 4.48. The maximum absolute atomic E-state index is 12.9. The Labute approximate surface area is 154 Å². The van der Waals surface area contributed by atoms with Gasteiger partial charge in [0.1, 0.15) is 0 Å². The van der Waals surface area contributed by atoms with Gasteiger partial charge in [0.2, 0.25) is 0 Å². The highest BCUT2D eigenvalue weighted by molar-refractivity contribution is 7.33. The molecule has 2 aromatic heterocycles. The number of benzene rings is 1. The van der Waals surface area contributed by atoms with Crippen LogP contribution >= 0.6 is 22.7 Å². The van der Waals surface area contributed by atoms with Crippen LogP contribution in [0.1, 0.15) is 29.4 Å². The van der Waals surface area contributed by atoms with E-state index >= 15 is 0 Å². The predicted octanol–water partition coefficient (Wildman–Crippen LogP) is 4.53. The van der Waals surface area contributed by atoms with E-state index in [1.165, 1.54) is 14.8 Å². The van der Waals surface area contributed by atoms with Gasteiger partial charge >= 0.3 is 5.97 Å². The van der Waals surface area contributed by atoms with Crippen LogP contribution in [0.2, 0.25) is 0 Å². The molecule has 0 unspecified atom stereocenters. The second kappa shape index (κ2) is 6.77. The van der Waals surface area contributed by atoms with Gasteiger partial charge in [0.15, 0.2) is 0 Å². The van der Waals surface area contributed by atoms with Crippen LogP contribution in [-0.4, -0.2) is 36.5 Å². The summed E-state index contributed by atoms with van der Waals surface area (Å²) in [4.78, 5) is 27.5. The Morgan fingerprint density at radius 2 is 2.08 bits per heavy atom. The summed E-state index contributed by atoms with van der Waals surface area (Å²) in [5.41, 5.74) is 0. The summed E-state index contributed by atoms with van der Waals surface area (Å²) < 4.78 is 8.72. The van der Waals surface area contributed by atoms with E-state index in [0.29, 0.717) is 19.7 Å². The quantitative estimate of drug-likeness (QED) is 0.634. The second-order valence-electron chi connectivity index (χ2n) is 6.24. The van der Waals surface area contributed by atoms with Crippen LogP contribution in [0.5, 0.6) is 0 Å². The van der Waals surface area contributed by atoms with Crippen molar-refractivity contribution in [3.05, 3.63) is 35.2 Å². The highest BCUT2D eigenvalue weighted by Gasteiger charge is 2.30. The van der Waals surface area contributed by atoms with Crippen LogP contribution in [0.15, 0.2) is 30.3 Å². The van der Waals surface area contributed by atoms with Gasteiger partial charge in [-0.25, -0.2) is 0 Å². The molecule has 0 bridgehead atoms. The topological polar surface area (TPSA) is 46.6 Å². The van der Waals surface area contributed by atoms with E-state index in [2.05, 4.69) is 12.1 Å². The summed E-state index contributed by atoms with van der Waals surface area (Å²) >= 11 is 3.28. The molecule has 0 radical (unpaired) electrons. The highest BCUT2D eigenvalue weighted by atomic mass is 32.1. The number of hydrogen-bond donors (Lipinski definition) is 0. The molecule has 1 atom stereocenters. The van der Waals surface area contributed by atoms with E-state index in [1.54, 1.807) is 22.7 Å². The number of carbonyl (C=O) groups excluding carboxylic acids is 2. The third-order valence-electron chi connectivity index (χ3n) is 4.59. The van der Waals surface area contributed by atoms with Crippen molar-refractivity contribution in [1.29, 1.82) is 0 Å². The fourth-order valence-electron chi connectivity index (χ4n) is 3.37. The summed E-state index contributed by atoms with van der Waals surface area (Å²) in [6.45, 7) is 3.37. The van der Waals surface area contributed by atoms with Gasteiger partial charge in [-0.1, -0.05) is 18.2 Å². The number of nitrogens with zero attached hydrogens (tertiary/aromatic N) is 1. The first-order valence-electron chi connectivity index (χ1n) is 8.54. The Bertz CT molecular complexity index is 943. The van der Waals surface area contributed by atoms with Crippen LogP contribution in [0.4, 0.5) is 0 Å². The fourth-order valence-corrected chi connectivity index (χ4v) is 5.87. The summed E-state index contributed by atoms with van der Waals surface area (Å²) in [5.74, 6) is -0.343. The number of carbonyl (C=O) groups is 2. The first-order valence-corrected chi connectivity index (χ1v) is 10.2. The number of likely N-dealkylation sites (tertiary alicyclic amines) is 1.